The molecule has 1 aliphatic carbocycles. The highest BCUT2D eigenvalue weighted by Gasteiger charge is 2.39. The molecule has 1 aliphatic heterocycles. The van der Waals surface area contributed by atoms with E-state index in [9.17, 15) is 9.59 Å². The van der Waals surface area contributed by atoms with Crippen LogP contribution in [0, 0.1) is 5.92 Å². The fraction of sp³-hybridized carbons (Fsp3) is 0.818. The first kappa shape index (κ1) is 10.5. The second-order valence-corrected chi connectivity index (χ2v) is 4.63. The zero-order valence-corrected chi connectivity index (χ0v) is 8.82. The average Bonchev–Trinajstić information content (AvgIpc) is 2.77. The lowest BCUT2D eigenvalue weighted by atomic mass is 10.1. The number of hydrogen-bond donors (Lipinski definition) is 1. The standard InChI is InChI=1S/C11H17NO3/c13-10(2-1-3-11(14)15)12-7-8-4-5-9(12)6-8/h8-9H,1-7H2,(H,14,15). The largest absolute Gasteiger partial charge is 0.481 e. The summed E-state index contributed by atoms with van der Waals surface area (Å²) in [4.78, 5) is 24.0. The van der Waals surface area contributed by atoms with Gasteiger partial charge in [0.2, 0.25) is 5.91 Å². The molecule has 2 bridgehead atoms. The van der Waals surface area contributed by atoms with Crippen molar-refractivity contribution in [1.82, 2.24) is 4.90 Å². The van der Waals surface area contributed by atoms with Crippen molar-refractivity contribution < 1.29 is 14.7 Å². The molecule has 1 amide bonds. The Labute approximate surface area is 89.3 Å². The molecule has 4 nitrogen and oxygen atoms in total. The van der Waals surface area contributed by atoms with E-state index in [0.29, 0.717) is 18.9 Å². The van der Waals surface area contributed by atoms with E-state index in [1.807, 2.05) is 4.90 Å². The van der Waals surface area contributed by atoms with E-state index in [0.717, 1.165) is 18.9 Å². The highest BCUT2D eigenvalue weighted by Crippen LogP contribution is 2.37. The zero-order chi connectivity index (χ0) is 10.8. The van der Waals surface area contributed by atoms with Crippen LogP contribution in [0.2, 0.25) is 0 Å². The molecule has 2 atom stereocenters. The Bertz CT molecular complexity index is 277. The third kappa shape index (κ3) is 2.30. The first-order valence-electron chi connectivity index (χ1n) is 5.68. The Morgan fingerprint density at radius 2 is 2.07 bits per heavy atom. The second kappa shape index (κ2) is 4.21. The van der Waals surface area contributed by atoms with Gasteiger partial charge in [0.15, 0.2) is 0 Å². The number of fused-ring (bicyclic) bond motifs is 2. The van der Waals surface area contributed by atoms with Gasteiger partial charge in [-0.3, -0.25) is 9.59 Å². The van der Waals surface area contributed by atoms with E-state index in [4.69, 9.17) is 5.11 Å². The van der Waals surface area contributed by atoms with Crippen LogP contribution in [0.4, 0.5) is 0 Å². The first-order valence-corrected chi connectivity index (χ1v) is 5.68. The van der Waals surface area contributed by atoms with Gasteiger partial charge in [0.1, 0.15) is 0 Å². The van der Waals surface area contributed by atoms with Crippen LogP contribution in [-0.2, 0) is 9.59 Å². The number of hydrogen-bond acceptors (Lipinski definition) is 2. The number of piperidine rings is 1. The molecule has 2 rings (SSSR count). The van der Waals surface area contributed by atoms with Gasteiger partial charge in [0.25, 0.3) is 0 Å². The van der Waals surface area contributed by atoms with Gasteiger partial charge in [0.05, 0.1) is 0 Å². The van der Waals surface area contributed by atoms with E-state index >= 15 is 0 Å². The maximum atomic E-state index is 11.7. The average molecular weight is 211 g/mol. The third-order valence-electron chi connectivity index (χ3n) is 3.51. The first-order chi connectivity index (χ1) is 7.16. The van der Waals surface area contributed by atoms with Gasteiger partial charge in [-0.1, -0.05) is 0 Å². The summed E-state index contributed by atoms with van der Waals surface area (Å²) in [5.74, 6) is 0.0626. The monoisotopic (exact) mass is 211 g/mol. The molecule has 4 heteroatoms. The minimum Gasteiger partial charge on any atom is -0.481 e. The fourth-order valence-corrected chi connectivity index (χ4v) is 2.76. The van der Waals surface area contributed by atoms with Crippen LogP contribution < -0.4 is 0 Å². The Kier molecular flexibility index (Phi) is 2.93. The SMILES string of the molecule is O=C(O)CCCC(=O)N1CC2CCC1C2. The Hall–Kier alpha value is -1.06. The maximum absolute atomic E-state index is 11.7. The Morgan fingerprint density at radius 3 is 2.60 bits per heavy atom. The molecule has 2 unspecified atom stereocenters. The number of carbonyl (C=O) groups is 2. The molecule has 1 saturated heterocycles. The van der Waals surface area contributed by atoms with Gasteiger partial charge in [-0.15, -0.1) is 0 Å². The predicted octanol–water partition coefficient (Wildman–Crippen LogP) is 1.25. The molecule has 0 radical (unpaired) electrons. The number of amides is 1. The summed E-state index contributed by atoms with van der Waals surface area (Å²) in [5, 5.41) is 8.47. The van der Waals surface area contributed by atoms with Gasteiger partial charge in [-0.05, 0) is 31.6 Å². The number of nitrogens with zero attached hydrogens (tertiary/aromatic N) is 1. The highest BCUT2D eigenvalue weighted by atomic mass is 16.4. The molecule has 0 aromatic rings. The molecule has 15 heavy (non-hydrogen) atoms. The number of carboxylic acids is 1. The molecule has 0 aromatic heterocycles. The summed E-state index contributed by atoms with van der Waals surface area (Å²) in [6.45, 7) is 0.913. The highest BCUT2D eigenvalue weighted by molar-refractivity contribution is 5.77. The molecule has 1 saturated carbocycles. The van der Waals surface area contributed by atoms with E-state index in [-0.39, 0.29) is 12.3 Å². The maximum Gasteiger partial charge on any atom is 0.303 e. The quantitative estimate of drug-likeness (QED) is 0.761. The van der Waals surface area contributed by atoms with Gasteiger partial charge < -0.3 is 10.0 Å². The van der Waals surface area contributed by atoms with E-state index in [1.165, 1.54) is 12.8 Å². The number of rotatable bonds is 4. The van der Waals surface area contributed by atoms with E-state index in [2.05, 4.69) is 0 Å². The number of likely N-dealkylation sites (tertiary alicyclic amines) is 1. The number of carbonyl (C=O) groups excluding carboxylic acids is 1. The van der Waals surface area contributed by atoms with Crippen LogP contribution in [-0.4, -0.2) is 34.5 Å². The third-order valence-corrected chi connectivity index (χ3v) is 3.51. The van der Waals surface area contributed by atoms with Crippen molar-refractivity contribution in [3.05, 3.63) is 0 Å². The minimum absolute atomic E-state index is 0.105. The lowest BCUT2D eigenvalue weighted by Crippen LogP contribution is -2.37. The molecular weight excluding hydrogens is 194 g/mol. The van der Waals surface area contributed by atoms with Crippen molar-refractivity contribution in [2.45, 2.75) is 44.6 Å². The lowest BCUT2D eigenvalue weighted by molar-refractivity contribution is -0.137. The van der Waals surface area contributed by atoms with Crippen molar-refractivity contribution in [3.8, 4) is 0 Å². The molecule has 2 aliphatic rings. The summed E-state index contributed by atoms with van der Waals surface area (Å²) in [5.41, 5.74) is 0. The summed E-state index contributed by atoms with van der Waals surface area (Å²) in [6, 6.07) is 0.465. The molecule has 0 aromatic carbocycles. The summed E-state index contributed by atoms with van der Waals surface area (Å²) in [6.07, 6.45) is 4.56. The molecule has 84 valence electrons. The topological polar surface area (TPSA) is 57.6 Å². The van der Waals surface area contributed by atoms with Crippen LogP contribution in [0.15, 0.2) is 0 Å². The van der Waals surface area contributed by atoms with E-state index in [1.54, 1.807) is 0 Å². The van der Waals surface area contributed by atoms with E-state index < -0.39 is 5.97 Å². The van der Waals surface area contributed by atoms with Crippen LogP contribution in [0.5, 0.6) is 0 Å². The van der Waals surface area contributed by atoms with Crippen molar-refractivity contribution >= 4 is 11.9 Å². The van der Waals surface area contributed by atoms with Gasteiger partial charge in [0, 0.05) is 25.4 Å². The molecule has 0 spiro atoms. The zero-order valence-electron chi connectivity index (χ0n) is 8.82. The Morgan fingerprint density at radius 1 is 1.27 bits per heavy atom. The van der Waals surface area contributed by atoms with Crippen LogP contribution in [0.1, 0.15) is 38.5 Å². The van der Waals surface area contributed by atoms with Crippen LogP contribution in [0.3, 0.4) is 0 Å². The Balaban J connectivity index is 1.74. The van der Waals surface area contributed by atoms with Gasteiger partial charge >= 0.3 is 5.97 Å². The summed E-state index contributed by atoms with van der Waals surface area (Å²) < 4.78 is 0. The summed E-state index contributed by atoms with van der Waals surface area (Å²) in [7, 11) is 0. The fourth-order valence-electron chi connectivity index (χ4n) is 2.76. The van der Waals surface area contributed by atoms with Crippen molar-refractivity contribution in [3.63, 3.8) is 0 Å². The van der Waals surface area contributed by atoms with Crippen LogP contribution in [0.25, 0.3) is 0 Å². The number of carboxylic acid groups (broad SMARTS) is 1. The molecule has 2 fully saturated rings. The van der Waals surface area contributed by atoms with Crippen LogP contribution >= 0.6 is 0 Å². The minimum atomic E-state index is -0.814. The number of aliphatic carboxylic acids is 1. The van der Waals surface area contributed by atoms with Crippen molar-refractivity contribution in [2.75, 3.05) is 6.54 Å². The normalized spacial score (nSPS) is 28.4. The summed E-state index contributed by atoms with van der Waals surface area (Å²) >= 11 is 0. The molecule has 1 N–H and O–H groups in total. The molecular formula is C11H17NO3. The van der Waals surface area contributed by atoms with Crippen molar-refractivity contribution in [1.29, 1.82) is 0 Å². The molecule has 1 heterocycles. The van der Waals surface area contributed by atoms with Gasteiger partial charge in [-0.2, -0.15) is 0 Å². The lowest BCUT2D eigenvalue weighted by Gasteiger charge is -2.26. The van der Waals surface area contributed by atoms with Gasteiger partial charge in [-0.25, -0.2) is 0 Å². The second-order valence-electron chi connectivity index (χ2n) is 4.63. The van der Waals surface area contributed by atoms with Crippen molar-refractivity contribution in [2.24, 2.45) is 5.92 Å². The predicted molar refractivity (Wildman–Crippen MR) is 54.3 cm³/mol. The smallest absolute Gasteiger partial charge is 0.303 e.